The Morgan fingerprint density at radius 1 is 1.13 bits per heavy atom. The molecule has 10 nitrogen and oxygen atoms in total. The van der Waals surface area contributed by atoms with Crippen LogP contribution in [0, 0.1) is 11.6 Å². The maximum absolute atomic E-state index is 14.4. The van der Waals surface area contributed by atoms with Crippen molar-refractivity contribution in [3.8, 4) is 0 Å². The number of aromatic nitrogens is 4. The molecule has 3 aromatic rings. The Bertz CT molecular complexity index is 1240. The van der Waals surface area contributed by atoms with Crippen LogP contribution in [0.25, 0.3) is 11.2 Å². The fraction of sp³-hybridized carbons (Fsp3) is 0.143. The molecule has 2 amide bonds. The van der Waals surface area contributed by atoms with Gasteiger partial charge in [-0.25, -0.2) is 36.9 Å². The molecule has 2 aromatic heterocycles. The number of benzene rings is 1. The van der Waals surface area contributed by atoms with E-state index in [-0.39, 0.29) is 5.52 Å². The molecule has 16 heteroatoms. The van der Waals surface area contributed by atoms with Crippen LogP contribution in [0.1, 0.15) is 5.82 Å². The van der Waals surface area contributed by atoms with E-state index in [1.807, 2.05) is 10.3 Å². The normalized spacial score (nSPS) is 12.1. The molecule has 0 fully saturated rings. The Labute approximate surface area is 164 Å². The smallest absolute Gasteiger partial charge is 0.330 e. The fourth-order valence-corrected chi connectivity index (χ4v) is 2.81. The molecule has 0 spiro atoms. The van der Waals surface area contributed by atoms with Crippen molar-refractivity contribution in [3.63, 3.8) is 0 Å². The number of carbonyl (C=O) groups is 1. The zero-order valence-electron chi connectivity index (χ0n) is 14.6. The van der Waals surface area contributed by atoms with Gasteiger partial charge in [0.1, 0.15) is 23.3 Å². The first-order valence-corrected chi connectivity index (χ1v) is 9.56. The summed E-state index contributed by atoms with van der Waals surface area (Å²) >= 11 is 0. The zero-order chi connectivity index (χ0) is 22.3. The van der Waals surface area contributed by atoms with E-state index in [0.29, 0.717) is 6.07 Å². The number of rotatable bonds is 4. The Hall–Kier alpha value is -3.56. The van der Waals surface area contributed by atoms with Gasteiger partial charge in [-0.2, -0.15) is 13.2 Å². The number of aromatic amines is 1. The molecular weight excluding hydrogens is 441 g/mol. The molecule has 0 bridgehead atoms. The highest BCUT2D eigenvalue weighted by molar-refractivity contribution is 7.92. The molecule has 2 heterocycles. The average Bonchev–Trinajstić information content (AvgIpc) is 3.06. The molecular formula is C14H10F5N7O3S. The van der Waals surface area contributed by atoms with Crippen molar-refractivity contribution in [3.05, 3.63) is 35.9 Å². The Kier molecular flexibility index (Phi) is 5.19. The van der Waals surface area contributed by atoms with Crippen molar-refractivity contribution in [1.29, 1.82) is 0 Å². The van der Waals surface area contributed by atoms with E-state index in [9.17, 15) is 35.2 Å². The second-order valence-corrected chi connectivity index (χ2v) is 7.49. The van der Waals surface area contributed by atoms with Crippen molar-refractivity contribution in [2.45, 2.75) is 6.18 Å². The highest BCUT2D eigenvalue weighted by Gasteiger charge is 2.35. The van der Waals surface area contributed by atoms with E-state index >= 15 is 0 Å². The number of amides is 2. The summed E-state index contributed by atoms with van der Waals surface area (Å²) in [7, 11) is -3.90. The number of anilines is 3. The molecule has 0 aliphatic heterocycles. The maximum Gasteiger partial charge on any atom is 0.449 e. The molecule has 0 aliphatic carbocycles. The van der Waals surface area contributed by atoms with Gasteiger partial charge in [-0.05, 0) is 12.1 Å². The van der Waals surface area contributed by atoms with Crippen LogP contribution in [-0.2, 0) is 16.2 Å². The second kappa shape index (κ2) is 7.36. The average molecular weight is 451 g/mol. The fourth-order valence-electron chi connectivity index (χ4n) is 2.26. The summed E-state index contributed by atoms with van der Waals surface area (Å²) in [6, 6.07) is 0.207. The van der Waals surface area contributed by atoms with Crippen LogP contribution >= 0.6 is 0 Å². The molecule has 3 rings (SSSR count). The molecule has 1 aromatic carbocycles. The summed E-state index contributed by atoms with van der Waals surface area (Å²) in [5, 5.41) is 3.81. The van der Waals surface area contributed by atoms with Crippen molar-refractivity contribution in [2.75, 3.05) is 21.6 Å². The van der Waals surface area contributed by atoms with E-state index in [0.717, 1.165) is 18.6 Å². The summed E-state index contributed by atoms with van der Waals surface area (Å²) in [6.45, 7) is 0. The lowest BCUT2D eigenvalue weighted by molar-refractivity contribution is -0.144. The van der Waals surface area contributed by atoms with Crippen molar-refractivity contribution in [2.24, 2.45) is 0 Å². The summed E-state index contributed by atoms with van der Waals surface area (Å²) in [5.41, 5.74) is -2.44. The van der Waals surface area contributed by atoms with Gasteiger partial charge in [0, 0.05) is 0 Å². The molecule has 0 saturated carbocycles. The third-order valence-electron chi connectivity index (χ3n) is 3.41. The first-order chi connectivity index (χ1) is 13.8. The summed E-state index contributed by atoms with van der Waals surface area (Å²) in [6.07, 6.45) is -3.27. The van der Waals surface area contributed by atoms with Crippen molar-refractivity contribution in [1.82, 2.24) is 19.9 Å². The lowest BCUT2D eigenvalue weighted by Crippen LogP contribution is -2.22. The van der Waals surface area contributed by atoms with Gasteiger partial charge >= 0.3 is 12.2 Å². The number of H-pyrrole nitrogens is 1. The van der Waals surface area contributed by atoms with Crippen molar-refractivity contribution >= 4 is 44.4 Å². The number of nitrogens with zero attached hydrogens (tertiary/aromatic N) is 3. The van der Waals surface area contributed by atoms with Gasteiger partial charge in [0.15, 0.2) is 17.3 Å². The van der Waals surface area contributed by atoms with E-state index < -0.39 is 62.5 Å². The lowest BCUT2D eigenvalue weighted by Gasteiger charge is -2.12. The molecule has 30 heavy (non-hydrogen) atoms. The van der Waals surface area contributed by atoms with Gasteiger partial charge in [0.2, 0.25) is 15.8 Å². The van der Waals surface area contributed by atoms with Crippen LogP contribution < -0.4 is 15.4 Å². The predicted octanol–water partition coefficient (Wildman–Crippen LogP) is 2.67. The Morgan fingerprint density at radius 2 is 1.83 bits per heavy atom. The molecule has 4 N–H and O–H groups in total. The number of hydrogen-bond acceptors (Lipinski definition) is 6. The number of hydrogen-bond donors (Lipinski definition) is 4. The van der Waals surface area contributed by atoms with Crippen LogP contribution in [-0.4, -0.2) is 40.6 Å². The topological polar surface area (TPSA) is 142 Å². The first-order valence-electron chi connectivity index (χ1n) is 7.67. The molecule has 0 aliphatic rings. The van der Waals surface area contributed by atoms with Crippen molar-refractivity contribution < 1.29 is 35.2 Å². The van der Waals surface area contributed by atoms with Gasteiger partial charge < -0.3 is 10.3 Å². The summed E-state index contributed by atoms with van der Waals surface area (Å²) in [4.78, 5) is 24.4. The van der Waals surface area contributed by atoms with Gasteiger partial charge in [-0.1, -0.05) is 0 Å². The molecule has 0 unspecified atom stereocenters. The molecule has 0 radical (unpaired) electrons. The number of sulfonamides is 1. The van der Waals surface area contributed by atoms with Gasteiger partial charge in [-0.3, -0.25) is 10.0 Å². The van der Waals surface area contributed by atoms with Crippen LogP contribution in [0.5, 0.6) is 0 Å². The van der Waals surface area contributed by atoms with E-state index in [4.69, 9.17) is 0 Å². The Balaban J connectivity index is 1.88. The maximum atomic E-state index is 14.4. The minimum absolute atomic E-state index is 0.381. The van der Waals surface area contributed by atoms with E-state index in [1.54, 1.807) is 10.0 Å². The van der Waals surface area contributed by atoms with Crippen LogP contribution in [0.3, 0.4) is 0 Å². The van der Waals surface area contributed by atoms with Gasteiger partial charge in [-0.15, -0.1) is 0 Å². The van der Waals surface area contributed by atoms with Gasteiger partial charge in [0.05, 0.1) is 11.9 Å². The first kappa shape index (κ1) is 21.2. The van der Waals surface area contributed by atoms with Crippen LogP contribution in [0.15, 0.2) is 18.5 Å². The number of urea groups is 1. The highest BCUT2D eigenvalue weighted by Crippen LogP contribution is 2.30. The van der Waals surface area contributed by atoms with E-state index in [1.165, 1.54) is 0 Å². The SMILES string of the molecule is CS(=O)(=O)Nc1ccc(F)c(NC(=O)Nc2ncnc3nc(C(F)(F)F)[nH]c23)c1F. The number of fused-ring (bicyclic) bond motifs is 1. The number of carbonyl (C=O) groups excluding carboxylic acids is 1. The van der Waals surface area contributed by atoms with E-state index in [2.05, 4.69) is 15.0 Å². The largest absolute Gasteiger partial charge is 0.449 e. The standard InChI is InChI=1S/C14H10F5N7O3S/c1-30(28,29)26-6-3-2-5(15)8(7(6)16)23-13(27)25-11-9-10(20-4-21-11)24-12(22-9)14(17,18)19/h2-4,26H,1H3,(H3,20,21,22,23,24,25,27). The summed E-state index contributed by atoms with van der Waals surface area (Å²) < 4.78 is 90.9. The minimum atomic E-state index is -4.82. The molecule has 0 atom stereocenters. The van der Waals surface area contributed by atoms with Crippen LogP contribution in [0.4, 0.5) is 43.9 Å². The predicted molar refractivity (Wildman–Crippen MR) is 94.2 cm³/mol. The lowest BCUT2D eigenvalue weighted by atomic mass is 10.2. The number of alkyl halides is 3. The molecule has 0 saturated heterocycles. The zero-order valence-corrected chi connectivity index (χ0v) is 15.4. The number of imidazole rings is 1. The molecule has 160 valence electrons. The monoisotopic (exact) mass is 451 g/mol. The minimum Gasteiger partial charge on any atom is -0.330 e. The van der Waals surface area contributed by atoms with Gasteiger partial charge in [0.25, 0.3) is 0 Å². The third kappa shape index (κ3) is 4.53. The number of nitrogens with one attached hydrogen (secondary N) is 4. The second-order valence-electron chi connectivity index (χ2n) is 5.74. The van der Waals surface area contributed by atoms with Crippen LogP contribution in [0.2, 0.25) is 0 Å². The quantitative estimate of drug-likeness (QED) is 0.450. The number of halogens is 5. The third-order valence-corrected chi connectivity index (χ3v) is 4.00. The highest BCUT2D eigenvalue weighted by atomic mass is 32.2. The summed E-state index contributed by atoms with van der Waals surface area (Å²) in [5.74, 6) is -4.51. The Morgan fingerprint density at radius 3 is 2.47 bits per heavy atom.